The fraction of sp³-hybridized carbons (Fsp3) is 0.105. The van der Waals surface area contributed by atoms with E-state index in [4.69, 9.17) is 25.3 Å². The molecule has 0 atom stereocenters. The Morgan fingerprint density at radius 3 is 2.04 bits per heavy atom. The number of hydrogen-bond acceptors (Lipinski definition) is 6. The maximum absolute atomic E-state index is 13.1. The van der Waals surface area contributed by atoms with Gasteiger partial charge in [-0.3, -0.25) is 0 Å². The highest BCUT2D eigenvalue weighted by Crippen LogP contribution is 2.37. The molecule has 28 heavy (non-hydrogen) atoms. The van der Waals surface area contributed by atoms with E-state index in [9.17, 15) is 13.2 Å². The van der Waals surface area contributed by atoms with Gasteiger partial charge in [0.2, 0.25) is 0 Å². The number of nitriles is 3. The summed E-state index contributed by atoms with van der Waals surface area (Å²) in [4.78, 5) is 0. The number of benzene rings is 2. The lowest BCUT2D eigenvalue weighted by Crippen LogP contribution is -2.08. The first kappa shape index (κ1) is 20.2. The number of ether oxygens (including phenoxy) is 2. The molecule has 0 aliphatic rings. The van der Waals surface area contributed by atoms with Crippen LogP contribution in [0.15, 0.2) is 53.7 Å². The summed E-state index contributed by atoms with van der Waals surface area (Å²) in [7, 11) is 1.48. The fourth-order valence-electron chi connectivity index (χ4n) is 2.08. The number of alkyl halides is 3. The normalized spacial score (nSPS) is 10.0. The molecule has 0 aliphatic heterocycles. The van der Waals surface area contributed by atoms with Gasteiger partial charge in [-0.2, -0.15) is 29.0 Å². The molecule has 6 nitrogen and oxygen atoms in total. The molecule has 1 N–H and O–H groups in total. The number of rotatable bonds is 5. The van der Waals surface area contributed by atoms with Crippen molar-refractivity contribution in [3.63, 3.8) is 0 Å². The van der Waals surface area contributed by atoms with Gasteiger partial charge in [0.1, 0.15) is 35.4 Å². The molecule has 0 aromatic heterocycles. The van der Waals surface area contributed by atoms with E-state index in [0.717, 1.165) is 18.2 Å². The van der Waals surface area contributed by atoms with Crippen LogP contribution in [-0.2, 0) is 6.18 Å². The molecule has 2 aromatic rings. The summed E-state index contributed by atoms with van der Waals surface area (Å²) >= 11 is 0. The Morgan fingerprint density at radius 1 is 0.929 bits per heavy atom. The van der Waals surface area contributed by atoms with Gasteiger partial charge in [0.05, 0.1) is 18.4 Å². The summed E-state index contributed by atoms with van der Waals surface area (Å²) in [6, 6.07) is 13.5. The first-order chi connectivity index (χ1) is 13.3. The van der Waals surface area contributed by atoms with Gasteiger partial charge >= 0.3 is 6.18 Å². The van der Waals surface area contributed by atoms with Gasteiger partial charge in [-0.1, -0.05) is 0 Å². The number of nitrogens with zero attached hydrogens (tertiary/aromatic N) is 3. The summed E-state index contributed by atoms with van der Waals surface area (Å²) in [5.74, 6) is 0.813. The molecule has 0 aliphatic carbocycles. The van der Waals surface area contributed by atoms with Crippen molar-refractivity contribution in [1.29, 1.82) is 15.8 Å². The van der Waals surface area contributed by atoms with Gasteiger partial charge in [-0.25, -0.2) is 0 Å². The van der Waals surface area contributed by atoms with Crippen molar-refractivity contribution in [3.05, 3.63) is 59.3 Å². The molecule has 0 heterocycles. The van der Waals surface area contributed by atoms with Crippen molar-refractivity contribution in [3.8, 4) is 35.5 Å². The number of halogens is 3. The average Bonchev–Trinajstić information content (AvgIpc) is 2.68. The van der Waals surface area contributed by atoms with Gasteiger partial charge < -0.3 is 14.8 Å². The summed E-state index contributed by atoms with van der Waals surface area (Å²) in [6.45, 7) is 0. The van der Waals surface area contributed by atoms with Crippen LogP contribution in [0.2, 0.25) is 0 Å². The zero-order valence-electron chi connectivity index (χ0n) is 14.3. The Labute approximate surface area is 158 Å². The highest BCUT2D eigenvalue weighted by Gasteiger charge is 2.31. The Balaban J connectivity index is 2.50. The van der Waals surface area contributed by atoms with Crippen molar-refractivity contribution in [2.24, 2.45) is 0 Å². The van der Waals surface area contributed by atoms with Crippen LogP contribution >= 0.6 is 0 Å². The second-order valence-electron chi connectivity index (χ2n) is 5.20. The zero-order chi connectivity index (χ0) is 20.7. The molecule has 0 bridgehead atoms. The second-order valence-corrected chi connectivity index (χ2v) is 5.20. The molecular weight excluding hydrogens is 373 g/mol. The molecule has 0 saturated carbocycles. The van der Waals surface area contributed by atoms with Gasteiger partial charge in [0.15, 0.2) is 11.3 Å². The van der Waals surface area contributed by atoms with E-state index in [1.165, 1.54) is 31.4 Å². The third kappa shape index (κ3) is 4.72. The number of allylic oxidation sites excluding steroid dienone is 2. The topological polar surface area (TPSA) is 102 Å². The van der Waals surface area contributed by atoms with Crippen LogP contribution in [0.4, 0.5) is 18.9 Å². The Bertz CT molecular complexity index is 1010. The predicted octanol–water partition coefficient (Wildman–Crippen LogP) is 4.74. The van der Waals surface area contributed by atoms with Gasteiger partial charge in [-0.15, -0.1) is 0 Å². The van der Waals surface area contributed by atoms with Crippen LogP contribution < -0.4 is 14.8 Å². The van der Waals surface area contributed by atoms with Crippen molar-refractivity contribution in [2.45, 2.75) is 6.18 Å². The van der Waals surface area contributed by atoms with Gasteiger partial charge in [0.25, 0.3) is 0 Å². The van der Waals surface area contributed by atoms with Crippen molar-refractivity contribution < 1.29 is 22.6 Å². The van der Waals surface area contributed by atoms with Crippen LogP contribution in [0, 0.1) is 34.0 Å². The molecule has 0 fully saturated rings. The molecule has 0 spiro atoms. The molecule has 0 radical (unpaired) electrons. The highest BCUT2D eigenvalue weighted by molar-refractivity contribution is 5.66. The van der Waals surface area contributed by atoms with E-state index >= 15 is 0 Å². The highest BCUT2D eigenvalue weighted by atomic mass is 19.4. The standard InChI is InChI=1S/C19H11F3N4O2/c1-27-14-3-5-15(6-4-14)28-18-7-2-13(19(20,21)22)8-16(18)26-17(11-25)12(9-23)10-24/h2-8,26H,1H3. The monoisotopic (exact) mass is 384 g/mol. The van der Waals surface area contributed by atoms with Crippen LogP contribution in [0.5, 0.6) is 17.2 Å². The minimum atomic E-state index is -4.64. The lowest BCUT2D eigenvalue weighted by atomic mass is 10.1. The van der Waals surface area contributed by atoms with Crippen LogP contribution in [0.25, 0.3) is 0 Å². The maximum Gasteiger partial charge on any atom is 0.416 e. The SMILES string of the molecule is COc1ccc(Oc2ccc(C(F)(F)F)cc2NC(C#N)=C(C#N)C#N)cc1. The molecular formula is C19H11F3N4O2. The van der Waals surface area contributed by atoms with Crippen molar-refractivity contribution in [1.82, 2.24) is 0 Å². The zero-order valence-corrected chi connectivity index (χ0v) is 14.3. The molecule has 0 amide bonds. The summed E-state index contributed by atoms with van der Waals surface area (Å²) in [5.41, 5.74) is -2.30. The Morgan fingerprint density at radius 2 is 1.54 bits per heavy atom. The van der Waals surface area contributed by atoms with Gasteiger partial charge in [-0.05, 0) is 42.5 Å². The summed E-state index contributed by atoms with van der Waals surface area (Å²) in [5, 5.41) is 29.3. The first-order valence-electron chi connectivity index (χ1n) is 7.57. The number of hydrogen-bond donors (Lipinski definition) is 1. The van der Waals surface area contributed by atoms with Crippen LogP contribution in [0.3, 0.4) is 0 Å². The average molecular weight is 384 g/mol. The molecule has 2 rings (SSSR count). The Kier molecular flexibility index (Phi) is 6.11. The lowest BCUT2D eigenvalue weighted by molar-refractivity contribution is -0.137. The number of anilines is 1. The minimum Gasteiger partial charge on any atom is -0.497 e. The van der Waals surface area contributed by atoms with E-state index in [1.54, 1.807) is 18.2 Å². The quantitative estimate of drug-likeness (QED) is 0.747. The van der Waals surface area contributed by atoms with E-state index < -0.39 is 23.0 Å². The molecule has 2 aromatic carbocycles. The van der Waals surface area contributed by atoms with Crippen molar-refractivity contribution in [2.75, 3.05) is 12.4 Å². The lowest BCUT2D eigenvalue weighted by Gasteiger charge is -2.15. The van der Waals surface area contributed by atoms with Crippen LogP contribution in [0.1, 0.15) is 5.56 Å². The van der Waals surface area contributed by atoms with Crippen molar-refractivity contribution >= 4 is 5.69 Å². The molecule has 140 valence electrons. The third-order valence-electron chi connectivity index (χ3n) is 3.44. The first-order valence-corrected chi connectivity index (χ1v) is 7.57. The smallest absolute Gasteiger partial charge is 0.416 e. The maximum atomic E-state index is 13.1. The van der Waals surface area contributed by atoms with E-state index in [1.807, 2.05) is 0 Å². The summed E-state index contributed by atoms with van der Waals surface area (Å²) in [6.07, 6.45) is -4.64. The second kappa shape index (κ2) is 8.48. The van der Waals surface area contributed by atoms with E-state index in [-0.39, 0.29) is 11.4 Å². The van der Waals surface area contributed by atoms with E-state index in [0.29, 0.717) is 11.5 Å². The minimum absolute atomic E-state index is 0.0406. The van der Waals surface area contributed by atoms with Gasteiger partial charge in [0, 0.05) is 0 Å². The Hall–Kier alpha value is -4.16. The molecule has 0 unspecified atom stereocenters. The molecule has 0 saturated heterocycles. The molecule has 9 heteroatoms. The third-order valence-corrected chi connectivity index (χ3v) is 3.44. The number of methoxy groups -OCH3 is 1. The van der Waals surface area contributed by atoms with E-state index in [2.05, 4.69) is 5.32 Å². The fourth-order valence-corrected chi connectivity index (χ4v) is 2.08. The predicted molar refractivity (Wildman–Crippen MR) is 92.0 cm³/mol. The number of nitrogens with one attached hydrogen (secondary N) is 1. The van der Waals surface area contributed by atoms with Crippen LogP contribution in [-0.4, -0.2) is 7.11 Å². The summed E-state index contributed by atoms with van der Waals surface area (Å²) < 4.78 is 49.8. The largest absolute Gasteiger partial charge is 0.497 e.